The molecule has 0 saturated carbocycles. The molecule has 1 aliphatic rings. The van der Waals surface area contributed by atoms with Crippen molar-refractivity contribution in [2.75, 3.05) is 27.2 Å². The Morgan fingerprint density at radius 3 is 2.44 bits per heavy atom. The minimum absolute atomic E-state index is 0.0352. The van der Waals surface area contributed by atoms with Crippen molar-refractivity contribution in [2.45, 2.75) is 37.1 Å². The highest BCUT2D eigenvalue weighted by molar-refractivity contribution is 7.80. The topological polar surface area (TPSA) is 41.1 Å². The summed E-state index contributed by atoms with van der Waals surface area (Å²) >= 11 is 4.46. The fourth-order valence-electron chi connectivity index (χ4n) is 2.30. The molecule has 5 heteroatoms. The standard InChI is InChI=1S/C11H18N4S.C2H6/c1-12-11(3-5-15(2)6-4-11)10-9(16)7-13-8-14-10;1-2/h7-8,12,16H,3-6H2,1-2H3;1-2H3. The molecule has 102 valence electrons. The zero-order valence-corrected chi connectivity index (χ0v) is 12.7. The molecule has 2 heterocycles. The van der Waals surface area contributed by atoms with E-state index in [0.717, 1.165) is 36.5 Å². The molecule has 1 aromatic rings. The molecular weight excluding hydrogens is 244 g/mol. The smallest absolute Gasteiger partial charge is 0.115 e. The van der Waals surface area contributed by atoms with E-state index in [9.17, 15) is 0 Å². The average Bonchev–Trinajstić information content (AvgIpc) is 2.43. The summed E-state index contributed by atoms with van der Waals surface area (Å²) in [4.78, 5) is 11.6. The molecule has 18 heavy (non-hydrogen) atoms. The first-order valence-corrected chi connectivity index (χ1v) is 6.99. The molecule has 1 fully saturated rings. The van der Waals surface area contributed by atoms with Crippen LogP contribution in [-0.4, -0.2) is 42.1 Å². The van der Waals surface area contributed by atoms with Crippen LogP contribution < -0.4 is 5.32 Å². The van der Waals surface area contributed by atoms with Crippen LogP contribution in [0.5, 0.6) is 0 Å². The van der Waals surface area contributed by atoms with E-state index >= 15 is 0 Å². The highest BCUT2D eigenvalue weighted by Gasteiger charge is 2.36. The second-order valence-electron chi connectivity index (χ2n) is 4.39. The van der Waals surface area contributed by atoms with Crippen molar-refractivity contribution in [1.29, 1.82) is 0 Å². The Balaban J connectivity index is 0.000000771. The molecule has 0 unspecified atom stereocenters. The van der Waals surface area contributed by atoms with Gasteiger partial charge in [0.2, 0.25) is 0 Å². The summed E-state index contributed by atoms with van der Waals surface area (Å²) in [6.07, 6.45) is 5.49. The molecule has 4 nitrogen and oxygen atoms in total. The molecule has 0 aromatic carbocycles. The van der Waals surface area contributed by atoms with Gasteiger partial charge in [0, 0.05) is 11.1 Å². The van der Waals surface area contributed by atoms with E-state index in [1.54, 1.807) is 12.5 Å². The lowest BCUT2D eigenvalue weighted by molar-refractivity contribution is 0.158. The maximum Gasteiger partial charge on any atom is 0.115 e. The van der Waals surface area contributed by atoms with Crippen LogP contribution in [0.4, 0.5) is 0 Å². The molecule has 0 radical (unpaired) electrons. The van der Waals surface area contributed by atoms with Crippen LogP contribution in [0.25, 0.3) is 0 Å². The van der Waals surface area contributed by atoms with Crippen LogP contribution in [0.15, 0.2) is 17.4 Å². The molecule has 2 rings (SSSR count). The fraction of sp³-hybridized carbons (Fsp3) is 0.692. The first-order chi connectivity index (χ1) is 8.68. The zero-order chi connectivity index (χ0) is 13.6. The third-order valence-corrected chi connectivity index (χ3v) is 3.79. The molecule has 0 spiro atoms. The van der Waals surface area contributed by atoms with Crippen LogP contribution in [0.3, 0.4) is 0 Å². The van der Waals surface area contributed by atoms with Crippen molar-refractivity contribution in [2.24, 2.45) is 0 Å². The Kier molecular flexibility index (Phi) is 6.05. The van der Waals surface area contributed by atoms with Crippen molar-refractivity contribution in [3.63, 3.8) is 0 Å². The van der Waals surface area contributed by atoms with E-state index in [0.29, 0.717) is 0 Å². The number of piperidine rings is 1. The highest BCUT2D eigenvalue weighted by atomic mass is 32.1. The van der Waals surface area contributed by atoms with Crippen molar-refractivity contribution in [3.8, 4) is 0 Å². The number of hydrogen-bond donors (Lipinski definition) is 2. The third kappa shape index (κ3) is 3.22. The third-order valence-electron chi connectivity index (χ3n) is 3.47. The largest absolute Gasteiger partial charge is 0.309 e. The molecule has 1 aromatic heterocycles. The maximum absolute atomic E-state index is 4.46. The minimum Gasteiger partial charge on any atom is -0.309 e. The van der Waals surface area contributed by atoms with E-state index in [4.69, 9.17) is 0 Å². The summed E-state index contributed by atoms with van der Waals surface area (Å²) < 4.78 is 0. The maximum atomic E-state index is 4.46. The van der Waals surface area contributed by atoms with Crippen LogP contribution >= 0.6 is 12.6 Å². The summed E-state index contributed by atoms with van der Waals surface area (Å²) in [6, 6.07) is 0. The van der Waals surface area contributed by atoms with E-state index < -0.39 is 0 Å². The molecular formula is C13H24N4S. The number of nitrogens with one attached hydrogen (secondary N) is 1. The number of thiol groups is 1. The summed E-state index contributed by atoms with van der Waals surface area (Å²) in [6.45, 7) is 6.16. The Morgan fingerprint density at radius 2 is 1.94 bits per heavy atom. The van der Waals surface area contributed by atoms with Crippen LogP contribution in [-0.2, 0) is 5.54 Å². The van der Waals surface area contributed by atoms with Crippen LogP contribution in [0.1, 0.15) is 32.4 Å². The lowest BCUT2D eigenvalue weighted by atomic mass is 9.84. The molecule has 0 amide bonds. The lowest BCUT2D eigenvalue weighted by Crippen LogP contribution is -2.49. The van der Waals surface area contributed by atoms with Gasteiger partial charge in [-0.15, -0.1) is 12.6 Å². The Hall–Kier alpha value is -0.650. The molecule has 1 aliphatic heterocycles. The highest BCUT2D eigenvalue weighted by Crippen LogP contribution is 2.33. The van der Waals surface area contributed by atoms with Gasteiger partial charge >= 0.3 is 0 Å². The molecule has 1 N–H and O–H groups in total. The average molecular weight is 268 g/mol. The van der Waals surface area contributed by atoms with Gasteiger partial charge in [-0.2, -0.15) is 0 Å². The summed E-state index contributed by atoms with van der Waals surface area (Å²) in [7, 11) is 4.15. The van der Waals surface area contributed by atoms with Crippen molar-refractivity contribution < 1.29 is 0 Å². The van der Waals surface area contributed by atoms with E-state index in [2.05, 4.69) is 39.9 Å². The van der Waals surface area contributed by atoms with Gasteiger partial charge in [0.25, 0.3) is 0 Å². The SMILES string of the molecule is CC.CNC1(c2ncncc2S)CCN(C)CC1. The van der Waals surface area contributed by atoms with Crippen molar-refractivity contribution in [1.82, 2.24) is 20.2 Å². The Bertz CT molecular complexity index is 362. The second kappa shape index (κ2) is 7.07. The Morgan fingerprint density at radius 1 is 1.33 bits per heavy atom. The van der Waals surface area contributed by atoms with E-state index in [-0.39, 0.29) is 5.54 Å². The van der Waals surface area contributed by atoms with E-state index in [1.165, 1.54) is 0 Å². The number of rotatable bonds is 2. The minimum atomic E-state index is -0.0352. The lowest BCUT2D eigenvalue weighted by Gasteiger charge is -2.40. The summed E-state index contributed by atoms with van der Waals surface area (Å²) in [5.41, 5.74) is 0.994. The van der Waals surface area contributed by atoms with Gasteiger partial charge in [-0.1, -0.05) is 13.8 Å². The quantitative estimate of drug-likeness (QED) is 0.804. The van der Waals surface area contributed by atoms with Gasteiger partial charge in [-0.25, -0.2) is 9.97 Å². The molecule has 1 saturated heterocycles. The normalized spacial score (nSPS) is 18.9. The zero-order valence-electron chi connectivity index (χ0n) is 11.8. The first kappa shape index (κ1) is 15.4. The van der Waals surface area contributed by atoms with Crippen LogP contribution in [0.2, 0.25) is 0 Å². The van der Waals surface area contributed by atoms with Gasteiger partial charge < -0.3 is 10.2 Å². The van der Waals surface area contributed by atoms with Gasteiger partial charge in [-0.3, -0.25) is 0 Å². The number of hydrogen-bond acceptors (Lipinski definition) is 5. The van der Waals surface area contributed by atoms with E-state index in [1.807, 2.05) is 20.9 Å². The van der Waals surface area contributed by atoms with Gasteiger partial charge in [0.15, 0.2) is 0 Å². The summed E-state index contributed by atoms with van der Waals surface area (Å²) in [5, 5.41) is 3.43. The first-order valence-electron chi connectivity index (χ1n) is 6.55. The van der Waals surface area contributed by atoms with Crippen LogP contribution in [0, 0.1) is 0 Å². The molecule has 0 bridgehead atoms. The van der Waals surface area contributed by atoms with Gasteiger partial charge in [0.1, 0.15) is 6.33 Å². The number of aromatic nitrogens is 2. The predicted octanol–water partition coefficient (Wildman–Crippen LogP) is 1.93. The number of likely N-dealkylation sites (tertiary alicyclic amines) is 1. The Labute approximate surface area is 116 Å². The van der Waals surface area contributed by atoms with Gasteiger partial charge in [0.05, 0.1) is 11.2 Å². The van der Waals surface area contributed by atoms with Gasteiger partial charge in [-0.05, 0) is 40.0 Å². The monoisotopic (exact) mass is 268 g/mol. The van der Waals surface area contributed by atoms with Crippen molar-refractivity contribution >= 4 is 12.6 Å². The molecule has 0 atom stereocenters. The molecule has 0 aliphatic carbocycles. The summed E-state index contributed by atoms with van der Waals surface area (Å²) in [5.74, 6) is 0. The number of nitrogens with zero attached hydrogens (tertiary/aromatic N) is 3. The van der Waals surface area contributed by atoms with Crippen molar-refractivity contribution in [3.05, 3.63) is 18.2 Å². The fourth-order valence-corrected chi connectivity index (χ4v) is 2.63. The predicted molar refractivity (Wildman–Crippen MR) is 78.1 cm³/mol. The second-order valence-corrected chi connectivity index (χ2v) is 4.87.